The van der Waals surface area contributed by atoms with Crippen LogP contribution in [0.3, 0.4) is 0 Å². The Labute approximate surface area is 139 Å². The summed E-state index contributed by atoms with van der Waals surface area (Å²) < 4.78 is 40.2. The average Bonchev–Trinajstić information content (AvgIpc) is 3.33. The number of carbonyl (C=O) groups excluding carboxylic acids is 1. The second-order valence-corrected chi connectivity index (χ2v) is 6.15. The van der Waals surface area contributed by atoms with E-state index < -0.39 is 12.8 Å². The molecule has 1 aliphatic carbocycles. The molecule has 0 heterocycles. The van der Waals surface area contributed by atoms with Gasteiger partial charge in [0, 0.05) is 13.2 Å². The molecule has 2 rings (SSSR count). The van der Waals surface area contributed by atoms with Crippen LogP contribution < -0.4 is 10.6 Å². The summed E-state index contributed by atoms with van der Waals surface area (Å²) >= 11 is 0. The van der Waals surface area contributed by atoms with Crippen LogP contribution in [-0.4, -0.2) is 32.0 Å². The number of carbonyl (C=O) groups is 1. The van der Waals surface area contributed by atoms with E-state index >= 15 is 0 Å². The highest BCUT2D eigenvalue weighted by Crippen LogP contribution is 2.40. The maximum atomic E-state index is 12.0. The lowest BCUT2D eigenvalue weighted by Crippen LogP contribution is -2.39. The first-order valence-corrected chi connectivity index (χ1v) is 8.10. The SMILES string of the molecule is Cc1ccc(C(NC(=O)NCCCOCC(F)(F)F)C2CC2)cc1. The lowest BCUT2D eigenvalue weighted by Gasteiger charge is -2.19. The predicted molar refractivity (Wildman–Crippen MR) is 84.7 cm³/mol. The molecule has 0 bridgehead atoms. The van der Waals surface area contributed by atoms with Crippen molar-refractivity contribution in [1.82, 2.24) is 10.6 Å². The summed E-state index contributed by atoms with van der Waals surface area (Å²) in [5.41, 5.74) is 2.24. The monoisotopic (exact) mass is 344 g/mol. The van der Waals surface area contributed by atoms with Crippen LogP contribution in [0.4, 0.5) is 18.0 Å². The topological polar surface area (TPSA) is 50.4 Å². The number of rotatable bonds is 8. The number of hydrogen-bond acceptors (Lipinski definition) is 2. The van der Waals surface area contributed by atoms with Crippen molar-refractivity contribution in [3.8, 4) is 0 Å². The largest absolute Gasteiger partial charge is 0.411 e. The second kappa shape index (κ2) is 8.37. The quantitative estimate of drug-likeness (QED) is 0.706. The zero-order valence-electron chi connectivity index (χ0n) is 13.7. The summed E-state index contributed by atoms with van der Waals surface area (Å²) in [5, 5.41) is 5.62. The van der Waals surface area contributed by atoms with Crippen molar-refractivity contribution in [1.29, 1.82) is 0 Å². The lowest BCUT2D eigenvalue weighted by molar-refractivity contribution is -0.173. The van der Waals surface area contributed by atoms with Gasteiger partial charge in [0.1, 0.15) is 6.61 Å². The Morgan fingerprint density at radius 3 is 2.54 bits per heavy atom. The van der Waals surface area contributed by atoms with Gasteiger partial charge in [-0.1, -0.05) is 29.8 Å². The molecular weight excluding hydrogens is 321 g/mol. The molecule has 1 atom stereocenters. The summed E-state index contributed by atoms with van der Waals surface area (Å²) in [7, 11) is 0. The average molecular weight is 344 g/mol. The van der Waals surface area contributed by atoms with E-state index in [2.05, 4.69) is 15.4 Å². The minimum Gasteiger partial charge on any atom is -0.372 e. The third kappa shape index (κ3) is 6.78. The minimum absolute atomic E-state index is 0.0212. The van der Waals surface area contributed by atoms with Crippen LogP contribution in [0.1, 0.15) is 36.4 Å². The molecule has 2 N–H and O–H groups in total. The van der Waals surface area contributed by atoms with Crippen molar-refractivity contribution in [2.75, 3.05) is 19.8 Å². The normalized spacial score (nSPS) is 15.8. The van der Waals surface area contributed by atoms with Gasteiger partial charge >= 0.3 is 12.2 Å². The zero-order valence-corrected chi connectivity index (χ0v) is 13.7. The molecule has 0 radical (unpaired) electrons. The molecule has 1 aliphatic rings. The maximum absolute atomic E-state index is 12.0. The van der Waals surface area contributed by atoms with Crippen molar-refractivity contribution in [3.63, 3.8) is 0 Å². The van der Waals surface area contributed by atoms with E-state index in [4.69, 9.17) is 0 Å². The molecule has 1 unspecified atom stereocenters. The second-order valence-electron chi connectivity index (χ2n) is 6.15. The Kier molecular flexibility index (Phi) is 6.48. The van der Waals surface area contributed by atoms with Gasteiger partial charge in [0.15, 0.2) is 0 Å². The smallest absolute Gasteiger partial charge is 0.372 e. The van der Waals surface area contributed by atoms with Gasteiger partial charge in [-0.15, -0.1) is 0 Å². The molecule has 0 aromatic heterocycles. The maximum Gasteiger partial charge on any atom is 0.411 e. The fraction of sp³-hybridized carbons (Fsp3) is 0.588. The molecule has 1 aromatic carbocycles. The molecule has 0 saturated heterocycles. The first-order chi connectivity index (χ1) is 11.3. The number of alkyl halides is 3. The first-order valence-electron chi connectivity index (χ1n) is 8.10. The summed E-state index contributed by atoms with van der Waals surface area (Å²) in [4.78, 5) is 12.0. The van der Waals surface area contributed by atoms with Gasteiger partial charge < -0.3 is 15.4 Å². The highest BCUT2D eigenvalue weighted by Gasteiger charge is 2.33. The van der Waals surface area contributed by atoms with E-state index in [0.717, 1.165) is 24.0 Å². The number of urea groups is 1. The fourth-order valence-electron chi connectivity index (χ4n) is 2.43. The van der Waals surface area contributed by atoms with Crippen LogP contribution in [0, 0.1) is 12.8 Å². The van der Waals surface area contributed by atoms with E-state index in [1.54, 1.807) is 0 Å². The van der Waals surface area contributed by atoms with Crippen molar-refractivity contribution < 1.29 is 22.7 Å². The molecule has 2 amide bonds. The fourth-order valence-corrected chi connectivity index (χ4v) is 2.43. The predicted octanol–water partition coefficient (Wildman–Crippen LogP) is 3.71. The van der Waals surface area contributed by atoms with E-state index in [1.807, 2.05) is 31.2 Å². The zero-order chi connectivity index (χ0) is 17.6. The van der Waals surface area contributed by atoms with Crippen molar-refractivity contribution in [3.05, 3.63) is 35.4 Å². The van der Waals surface area contributed by atoms with Crippen LogP contribution >= 0.6 is 0 Å². The Bertz CT molecular complexity index is 528. The molecule has 24 heavy (non-hydrogen) atoms. The first kappa shape index (κ1) is 18.6. The number of benzene rings is 1. The molecule has 0 aliphatic heterocycles. The van der Waals surface area contributed by atoms with Crippen LogP contribution in [0.2, 0.25) is 0 Å². The summed E-state index contributed by atoms with van der Waals surface area (Å²) in [6.07, 6.45) is -1.80. The van der Waals surface area contributed by atoms with Crippen molar-refractivity contribution >= 4 is 6.03 Å². The molecule has 4 nitrogen and oxygen atoms in total. The van der Waals surface area contributed by atoms with Gasteiger partial charge in [0.25, 0.3) is 0 Å². The molecular formula is C17H23F3N2O2. The number of ether oxygens (including phenoxy) is 1. The van der Waals surface area contributed by atoms with Crippen LogP contribution in [0.5, 0.6) is 0 Å². The minimum atomic E-state index is -4.31. The lowest BCUT2D eigenvalue weighted by atomic mass is 10.0. The van der Waals surface area contributed by atoms with Crippen LogP contribution in [0.15, 0.2) is 24.3 Å². The van der Waals surface area contributed by atoms with Gasteiger partial charge in [0.2, 0.25) is 0 Å². The molecule has 134 valence electrons. The summed E-state index contributed by atoms with van der Waals surface area (Å²) in [5.74, 6) is 0.452. The Morgan fingerprint density at radius 1 is 1.29 bits per heavy atom. The number of nitrogens with one attached hydrogen (secondary N) is 2. The third-order valence-electron chi connectivity index (χ3n) is 3.83. The molecule has 1 aromatic rings. The van der Waals surface area contributed by atoms with Crippen molar-refractivity contribution in [2.45, 2.75) is 38.4 Å². The number of aryl methyl sites for hydroxylation is 1. The molecule has 1 saturated carbocycles. The summed E-state index contributed by atoms with van der Waals surface area (Å²) in [6, 6.07) is 7.74. The highest BCUT2D eigenvalue weighted by molar-refractivity contribution is 5.74. The molecule has 0 spiro atoms. The van der Waals surface area contributed by atoms with E-state index in [0.29, 0.717) is 12.3 Å². The molecule has 1 fully saturated rings. The van der Waals surface area contributed by atoms with E-state index in [-0.39, 0.29) is 25.2 Å². The Morgan fingerprint density at radius 2 is 1.96 bits per heavy atom. The standard InChI is InChI=1S/C17H23F3N2O2/c1-12-3-5-13(6-4-12)15(14-7-8-14)22-16(23)21-9-2-10-24-11-17(18,19)20/h3-6,14-15H,2,7-11H2,1H3,(H2,21,22,23). The Hall–Kier alpha value is -1.76. The van der Waals surface area contributed by atoms with E-state index in [9.17, 15) is 18.0 Å². The van der Waals surface area contributed by atoms with Gasteiger partial charge in [0.05, 0.1) is 6.04 Å². The number of hydrogen-bond donors (Lipinski definition) is 2. The van der Waals surface area contributed by atoms with Crippen LogP contribution in [0.25, 0.3) is 0 Å². The summed E-state index contributed by atoms with van der Waals surface area (Å²) in [6.45, 7) is 0.992. The highest BCUT2D eigenvalue weighted by atomic mass is 19.4. The van der Waals surface area contributed by atoms with Gasteiger partial charge in [-0.25, -0.2) is 4.79 Å². The van der Waals surface area contributed by atoms with Gasteiger partial charge in [-0.2, -0.15) is 13.2 Å². The number of amides is 2. The van der Waals surface area contributed by atoms with Crippen LogP contribution in [-0.2, 0) is 4.74 Å². The van der Waals surface area contributed by atoms with Gasteiger partial charge in [-0.05, 0) is 37.7 Å². The molecule has 7 heteroatoms. The Balaban J connectivity index is 1.69. The van der Waals surface area contributed by atoms with Crippen molar-refractivity contribution in [2.24, 2.45) is 5.92 Å². The third-order valence-corrected chi connectivity index (χ3v) is 3.83. The van der Waals surface area contributed by atoms with E-state index in [1.165, 1.54) is 0 Å². The van der Waals surface area contributed by atoms with Gasteiger partial charge in [-0.3, -0.25) is 0 Å². The number of halogens is 3.